The zero-order valence-corrected chi connectivity index (χ0v) is 17.7. The Morgan fingerprint density at radius 3 is 2.45 bits per heavy atom. The highest BCUT2D eigenvalue weighted by atomic mass is 32.2. The molecular formula is C23H25NO4S. The average molecular weight is 412 g/mol. The topological polar surface area (TPSA) is 44.1 Å². The second-order valence-electron chi connectivity index (χ2n) is 6.87. The van der Waals surface area contributed by atoms with E-state index in [2.05, 4.69) is 41.3 Å². The lowest BCUT2D eigenvalue weighted by atomic mass is 10.1. The molecule has 0 saturated carbocycles. The lowest BCUT2D eigenvalue weighted by Gasteiger charge is -2.24. The van der Waals surface area contributed by atoms with E-state index in [0.717, 1.165) is 19.5 Å². The molecule has 0 fully saturated rings. The number of thioether (sulfide) groups is 1. The maximum atomic E-state index is 5.57. The summed E-state index contributed by atoms with van der Waals surface area (Å²) in [6.45, 7) is 1.77. The van der Waals surface area contributed by atoms with E-state index in [1.54, 1.807) is 27.6 Å². The predicted octanol–water partition coefficient (Wildman–Crippen LogP) is 5.55. The minimum absolute atomic E-state index is 0.277. The van der Waals surface area contributed by atoms with E-state index in [4.69, 9.17) is 18.6 Å². The molecule has 0 saturated heterocycles. The molecule has 0 N–H and O–H groups in total. The van der Waals surface area contributed by atoms with Crippen molar-refractivity contribution in [2.75, 3.05) is 32.8 Å². The molecule has 2 aromatic carbocycles. The third-order valence-electron chi connectivity index (χ3n) is 5.15. The molecule has 0 amide bonds. The predicted molar refractivity (Wildman–Crippen MR) is 116 cm³/mol. The van der Waals surface area contributed by atoms with E-state index in [9.17, 15) is 0 Å². The summed E-state index contributed by atoms with van der Waals surface area (Å²) in [5, 5.41) is 0.277. The molecule has 1 atom stereocenters. The van der Waals surface area contributed by atoms with Crippen LogP contribution in [0.2, 0.25) is 0 Å². The molecule has 0 bridgehead atoms. The van der Waals surface area contributed by atoms with Crippen LogP contribution in [-0.4, -0.2) is 27.9 Å². The summed E-state index contributed by atoms with van der Waals surface area (Å²) in [6.07, 6.45) is 4.54. The summed E-state index contributed by atoms with van der Waals surface area (Å²) in [7, 11) is 4.94. The van der Waals surface area contributed by atoms with Gasteiger partial charge in [-0.1, -0.05) is 12.1 Å². The van der Waals surface area contributed by atoms with Gasteiger partial charge in [0, 0.05) is 28.8 Å². The molecule has 3 aromatic rings. The summed E-state index contributed by atoms with van der Waals surface area (Å²) in [6, 6.07) is 14.7. The zero-order valence-electron chi connectivity index (χ0n) is 16.9. The Balaban J connectivity index is 1.68. The molecule has 1 aromatic heterocycles. The van der Waals surface area contributed by atoms with E-state index < -0.39 is 0 Å². The molecule has 29 heavy (non-hydrogen) atoms. The Morgan fingerprint density at radius 1 is 1.03 bits per heavy atom. The van der Waals surface area contributed by atoms with Crippen molar-refractivity contribution in [3.8, 4) is 17.2 Å². The minimum atomic E-state index is 0.277. The highest BCUT2D eigenvalue weighted by Crippen LogP contribution is 2.48. The fourth-order valence-corrected chi connectivity index (χ4v) is 4.99. The summed E-state index contributed by atoms with van der Waals surface area (Å²) >= 11 is 1.88. The van der Waals surface area contributed by atoms with Gasteiger partial charge in [-0.2, -0.15) is 0 Å². The van der Waals surface area contributed by atoms with Crippen LogP contribution in [0.3, 0.4) is 0 Å². The molecule has 2 heterocycles. The van der Waals surface area contributed by atoms with Crippen LogP contribution in [-0.2, 0) is 6.54 Å². The van der Waals surface area contributed by atoms with Crippen LogP contribution in [0.5, 0.6) is 17.2 Å². The molecule has 0 unspecified atom stereocenters. The molecule has 0 aliphatic carbocycles. The van der Waals surface area contributed by atoms with Crippen LogP contribution in [0.25, 0.3) is 0 Å². The van der Waals surface area contributed by atoms with Crippen LogP contribution < -0.4 is 19.1 Å². The number of fused-ring (bicyclic) bond motifs is 1. The number of benzene rings is 2. The third kappa shape index (κ3) is 4.03. The summed E-state index contributed by atoms with van der Waals surface area (Å²) in [4.78, 5) is 3.69. The third-order valence-corrected chi connectivity index (χ3v) is 6.54. The highest BCUT2D eigenvalue weighted by molar-refractivity contribution is 7.99. The average Bonchev–Trinajstić information content (AvgIpc) is 3.20. The van der Waals surface area contributed by atoms with Gasteiger partial charge in [-0.15, -0.1) is 11.8 Å². The van der Waals surface area contributed by atoms with Crippen molar-refractivity contribution in [2.24, 2.45) is 0 Å². The first-order valence-corrected chi connectivity index (χ1v) is 10.4. The number of nitrogens with zero attached hydrogens (tertiary/aromatic N) is 1. The fraction of sp³-hybridized carbons (Fsp3) is 0.304. The molecule has 0 spiro atoms. The molecule has 5 nitrogen and oxygen atoms in total. The number of hydrogen-bond donors (Lipinski definition) is 0. The van der Waals surface area contributed by atoms with Gasteiger partial charge in [0.05, 0.1) is 39.5 Å². The first-order chi connectivity index (χ1) is 14.2. The van der Waals surface area contributed by atoms with Gasteiger partial charge in [0.2, 0.25) is 5.75 Å². The van der Waals surface area contributed by atoms with Crippen molar-refractivity contribution in [1.29, 1.82) is 0 Å². The lowest BCUT2D eigenvalue weighted by Crippen LogP contribution is -2.23. The van der Waals surface area contributed by atoms with Crippen LogP contribution in [0, 0.1) is 0 Å². The molecule has 6 heteroatoms. The van der Waals surface area contributed by atoms with Gasteiger partial charge in [-0.25, -0.2) is 0 Å². The minimum Gasteiger partial charge on any atom is -0.493 e. The second-order valence-corrected chi connectivity index (χ2v) is 8.12. The smallest absolute Gasteiger partial charge is 0.203 e. The van der Waals surface area contributed by atoms with E-state index in [-0.39, 0.29) is 5.25 Å². The van der Waals surface area contributed by atoms with Gasteiger partial charge < -0.3 is 23.5 Å². The van der Waals surface area contributed by atoms with Crippen molar-refractivity contribution in [3.05, 3.63) is 66.1 Å². The molecule has 152 valence electrons. The van der Waals surface area contributed by atoms with E-state index in [0.29, 0.717) is 17.2 Å². The molecule has 1 aliphatic heterocycles. The Hall–Kier alpha value is -2.73. The Morgan fingerprint density at radius 2 is 1.79 bits per heavy atom. The first kappa shape index (κ1) is 19.6. The van der Waals surface area contributed by atoms with Crippen molar-refractivity contribution in [3.63, 3.8) is 0 Å². The van der Waals surface area contributed by atoms with Crippen molar-refractivity contribution in [1.82, 2.24) is 0 Å². The molecular weight excluding hydrogens is 386 g/mol. The van der Waals surface area contributed by atoms with Gasteiger partial charge in [0.15, 0.2) is 11.5 Å². The zero-order chi connectivity index (χ0) is 20.2. The number of para-hydroxylation sites is 1. The number of hydrogen-bond acceptors (Lipinski definition) is 6. The summed E-state index contributed by atoms with van der Waals surface area (Å²) in [5.41, 5.74) is 3.61. The van der Waals surface area contributed by atoms with E-state index in [1.165, 1.54) is 21.7 Å². The maximum absolute atomic E-state index is 5.57. The van der Waals surface area contributed by atoms with Gasteiger partial charge in [-0.3, -0.25) is 0 Å². The van der Waals surface area contributed by atoms with E-state index in [1.807, 2.05) is 24.1 Å². The first-order valence-electron chi connectivity index (χ1n) is 9.55. The number of furan rings is 1. The second kappa shape index (κ2) is 8.74. The van der Waals surface area contributed by atoms with Gasteiger partial charge in [0.25, 0.3) is 0 Å². The normalized spacial score (nSPS) is 16.1. The van der Waals surface area contributed by atoms with Crippen LogP contribution in [0.15, 0.2) is 64.3 Å². The van der Waals surface area contributed by atoms with Crippen molar-refractivity contribution in [2.45, 2.75) is 23.1 Å². The van der Waals surface area contributed by atoms with Crippen LogP contribution >= 0.6 is 11.8 Å². The molecule has 4 rings (SSSR count). The lowest BCUT2D eigenvalue weighted by molar-refractivity contribution is 0.323. The van der Waals surface area contributed by atoms with Crippen molar-refractivity contribution < 1.29 is 18.6 Å². The number of rotatable bonds is 6. The highest BCUT2D eigenvalue weighted by Gasteiger charge is 2.25. The Bertz CT molecular complexity index is 932. The van der Waals surface area contributed by atoms with Gasteiger partial charge in [0.1, 0.15) is 0 Å². The number of ether oxygens (including phenoxy) is 3. The molecule has 0 radical (unpaired) electrons. The standard InChI is InChI=1S/C23H25NO4S/c1-25-19-12-17(13-20(26-2)23(19)27-3)21-8-10-24(14-16-9-11-28-15-16)18-6-4-5-7-22(18)29-21/h4-7,9,11-13,15,21H,8,10,14H2,1-3H3/t21-/m1/s1. The Kier molecular flexibility index (Phi) is 5.90. The largest absolute Gasteiger partial charge is 0.493 e. The SMILES string of the molecule is COc1cc([C@H]2CCN(Cc3ccoc3)c3ccccc3S2)cc(OC)c1OC. The number of anilines is 1. The Labute approximate surface area is 175 Å². The monoisotopic (exact) mass is 411 g/mol. The van der Waals surface area contributed by atoms with Gasteiger partial charge >= 0.3 is 0 Å². The van der Waals surface area contributed by atoms with Crippen molar-refractivity contribution >= 4 is 17.4 Å². The van der Waals surface area contributed by atoms with Gasteiger partial charge in [-0.05, 0) is 42.3 Å². The van der Waals surface area contributed by atoms with E-state index >= 15 is 0 Å². The summed E-state index contributed by atoms with van der Waals surface area (Å²) < 4.78 is 21.9. The molecule has 1 aliphatic rings. The fourth-order valence-electron chi connectivity index (χ4n) is 3.71. The number of methoxy groups -OCH3 is 3. The van der Waals surface area contributed by atoms with Crippen LogP contribution in [0.1, 0.15) is 22.8 Å². The quantitative estimate of drug-likeness (QED) is 0.530. The van der Waals surface area contributed by atoms with Crippen LogP contribution in [0.4, 0.5) is 5.69 Å². The maximum Gasteiger partial charge on any atom is 0.203 e. The summed E-state index contributed by atoms with van der Waals surface area (Å²) in [5.74, 6) is 2.00.